The fraction of sp³-hybridized carbons (Fsp3) is 0.500. The number of benzene rings is 1. The second-order valence-corrected chi connectivity index (χ2v) is 5.08. The van der Waals surface area contributed by atoms with E-state index in [1.807, 2.05) is 0 Å². The van der Waals surface area contributed by atoms with Gasteiger partial charge in [-0.1, -0.05) is 6.07 Å². The number of hydrogen-bond acceptors (Lipinski definition) is 3. The van der Waals surface area contributed by atoms with Crippen LogP contribution in [0.25, 0.3) is 11.0 Å². The number of nitrogens with zero attached hydrogens (tertiary/aromatic N) is 2. The number of imidazole rings is 1. The number of piperidine rings is 1. The van der Waals surface area contributed by atoms with E-state index in [4.69, 9.17) is 5.73 Å². The minimum Gasteiger partial charge on any atom is -0.345 e. The summed E-state index contributed by atoms with van der Waals surface area (Å²) in [6.45, 7) is 4.14. The highest BCUT2D eigenvalue weighted by atomic mass is 15.1. The molecular formula is C14H20N4. The summed E-state index contributed by atoms with van der Waals surface area (Å²) < 4.78 is 0. The van der Waals surface area contributed by atoms with Gasteiger partial charge in [0, 0.05) is 13.1 Å². The molecule has 0 radical (unpaired) electrons. The number of aromatic amines is 1. The second-order valence-electron chi connectivity index (χ2n) is 5.08. The summed E-state index contributed by atoms with van der Waals surface area (Å²) in [7, 11) is 0. The van der Waals surface area contributed by atoms with Crippen LogP contribution in [0.15, 0.2) is 24.5 Å². The smallest absolute Gasteiger partial charge is 0.0931 e. The lowest BCUT2D eigenvalue weighted by atomic mass is 9.89. The van der Waals surface area contributed by atoms with Crippen LogP contribution in [0.3, 0.4) is 0 Å². The quantitative estimate of drug-likeness (QED) is 0.864. The molecule has 1 aromatic carbocycles. The van der Waals surface area contributed by atoms with Gasteiger partial charge < -0.3 is 15.6 Å². The molecule has 1 fully saturated rings. The Morgan fingerprint density at radius 3 is 2.94 bits per heavy atom. The van der Waals surface area contributed by atoms with Crippen LogP contribution in [-0.2, 0) is 0 Å². The average Bonchev–Trinajstić information content (AvgIpc) is 2.87. The summed E-state index contributed by atoms with van der Waals surface area (Å²) in [6, 6.07) is 6.60. The number of H-pyrrole nitrogens is 1. The van der Waals surface area contributed by atoms with E-state index in [-0.39, 0.29) is 0 Å². The number of hydrogen-bond donors (Lipinski definition) is 2. The first-order valence-corrected chi connectivity index (χ1v) is 6.72. The third-order valence-electron chi connectivity index (χ3n) is 3.95. The van der Waals surface area contributed by atoms with Gasteiger partial charge >= 0.3 is 0 Å². The first kappa shape index (κ1) is 11.7. The Bertz CT molecular complexity index is 511. The molecule has 0 spiro atoms. The van der Waals surface area contributed by atoms with E-state index >= 15 is 0 Å². The summed E-state index contributed by atoms with van der Waals surface area (Å²) >= 11 is 0. The van der Waals surface area contributed by atoms with Crippen molar-refractivity contribution in [1.82, 2.24) is 14.9 Å². The number of rotatable bonds is 3. The number of likely N-dealkylation sites (tertiary alicyclic amines) is 1. The molecule has 1 saturated heterocycles. The molecule has 0 bridgehead atoms. The van der Waals surface area contributed by atoms with E-state index in [9.17, 15) is 0 Å². The van der Waals surface area contributed by atoms with Gasteiger partial charge in [0.2, 0.25) is 0 Å². The van der Waals surface area contributed by atoms with Crippen LogP contribution in [0, 0.1) is 0 Å². The Hall–Kier alpha value is -1.39. The highest BCUT2D eigenvalue weighted by Crippen LogP contribution is 2.29. The van der Waals surface area contributed by atoms with Crippen LogP contribution >= 0.6 is 0 Å². The topological polar surface area (TPSA) is 57.9 Å². The summed E-state index contributed by atoms with van der Waals surface area (Å²) in [5.74, 6) is 0.687. The van der Waals surface area contributed by atoms with Crippen molar-refractivity contribution in [1.29, 1.82) is 0 Å². The zero-order valence-corrected chi connectivity index (χ0v) is 10.6. The van der Waals surface area contributed by atoms with Gasteiger partial charge in [-0.05, 0) is 49.5 Å². The second kappa shape index (κ2) is 5.08. The van der Waals surface area contributed by atoms with Crippen molar-refractivity contribution in [2.45, 2.75) is 18.8 Å². The molecule has 18 heavy (non-hydrogen) atoms. The van der Waals surface area contributed by atoms with E-state index in [0.29, 0.717) is 5.92 Å². The molecule has 3 rings (SSSR count). The molecule has 3 N–H and O–H groups in total. The Balaban J connectivity index is 1.71. The number of nitrogens with two attached hydrogens (primary N) is 1. The molecule has 96 valence electrons. The van der Waals surface area contributed by atoms with Gasteiger partial charge in [0.05, 0.1) is 17.4 Å². The Labute approximate surface area is 107 Å². The van der Waals surface area contributed by atoms with Crippen molar-refractivity contribution in [3.05, 3.63) is 30.1 Å². The van der Waals surface area contributed by atoms with Gasteiger partial charge in [-0.15, -0.1) is 0 Å². The zero-order chi connectivity index (χ0) is 12.4. The fourth-order valence-electron chi connectivity index (χ4n) is 2.88. The lowest BCUT2D eigenvalue weighted by molar-refractivity contribution is 0.218. The Morgan fingerprint density at radius 2 is 2.17 bits per heavy atom. The van der Waals surface area contributed by atoms with Crippen LogP contribution < -0.4 is 5.73 Å². The van der Waals surface area contributed by atoms with Gasteiger partial charge in [-0.2, -0.15) is 0 Å². The molecule has 1 aliphatic heterocycles. The molecule has 1 aromatic heterocycles. The van der Waals surface area contributed by atoms with Crippen molar-refractivity contribution in [3.63, 3.8) is 0 Å². The fourth-order valence-corrected chi connectivity index (χ4v) is 2.88. The third-order valence-corrected chi connectivity index (χ3v) is 3.95. The summed E-state index contributed by atoms with van der Waals surface area (Å²) in [5, 5.41) is 0. The lowest BCUT2D eigenvalue weighted by Gasteiger charge is -2.31. The predicted molar refractivity (Wildman–Crippen MR) is 73.6 cm³/mol. The largest absolute Gasteiger partial charge is 0.345 e. The first-order chi connectivity index (χ1) is 8.86. The molecule has 0 atom stereocenters. The summed E-state index contributed by atoms with van der Waals surface area (Å²) in [4.78, 5) is 9.92. The van der Waals surface area contributed by atoms with E-state index in [2.05, 4.69) is 33.1 Å². The summed E-state index contributed by atoms with van der Waals surface area (Å²) in [5.41, 5.74) is 9.25. The monoisotopic (exact) mass is 244 g/mol. The number of fused-ring (bicyclic) bond motifs is 1. The van der Waals surface area contributed by atoms with Gasteiger partial charge in [-0.25, -0.2) is 4.98 Å². The normalized spacial score (nSPS) is 18.5. The molecule has 1 aliphatic rings. The molecule has 4 heteroatoms. The van der Waals surface area contributed by atoms with Crippen molar-refractivity contribution in [2.75, 3.05) is 26.2 Å². The van der Waals surface area contributed by atoms with Crippen LogP contribution in [0.5, 0.6) is 0 Å². The van der Waals surface area contributed by atoms with Crippen LogP contribution in [0.2, 0.25) is 0 Å². The van der Waals surface area contributed by atoms with Crippen molar-refractivity contribution < 1.29 is 0 Å². The number of nitrogens with one attached hydrogen (secondary N) is 1. The average molecular weight is 244 g/mol. The van der Waals surface area contributed by atoms with Crippen LogP contribution in [0.1, 0.15) is 24.3 Å². The predicted octanol–water partition coefficient (Wildman–Crippen LogP) is 1.70. The Kier molecular flexibility index (Phi) is 3.30. The van der Waals surface area contributed by atoms with E-state index in [1.54, 1.807) is 6.33 Å². The Morgan fingerprint density at radius 1 is 1.33 bits per heavy atom. The lowest BCUT2D eigenvalue weighted by Crippen LogP contribution is -2.36. The maximum Gasteiger partial charge on any atom is 0.0931 e. The zero-order valence-electron chi connectivity index (χ0n) is 10.6. The first-order valence-electron chi connectivity index (χ1n) is 6.72. The number of aromatic nitrogens is 2. The SMILES string of the molecule is NCCN1CCC(c2ccc3nc[nH]c3c2)CC1. The van der Waals surface area contributed by atoms with E-state index < -0.39 is 0 Å². The van der Waals surface area contributed by atoms with Gasteiger partial charge in [0.15, 0.2) is 0 Å². The molecule has 0 saturated carbocycles. The molecule has 4 nitrogen and oxygen atoms in total. The van der Waals surface area contributed by atoms with Crippen LogP contribution in [0.4, 0.5) is 0 Å². The molecule has 0 amide bonds. The maximum atomic E-state index is 5.60. The van der Waals surface area contributed by atoms with E-state index in [1.165, 1.54) is 31.5 Å². The minimum atomic E-state index is 0.687. The summed E-state index contributed by atoms with van der Waals surface area (Å²) in [6.07, 6.45) is 4.23. The van der Waals surface area contributed by atoms with Crippen LogP contribution in [-0.4, -0.2) is 41.0 Å². The minimum absolute atomic E-state index is 0.687. The van der Waals surface area contributed by atoms with Gasteiger partial charge in [-0.3, -0.25) is 0 Å². The molecular weight excluding hydrogens is 224 g/mol. The van der Waals surface area contributed by atoms with Gasteiger partial charge in [0.25, 0.3) is 0 Å². The standard InChI is InChI=1S/C14H20N4/c15-5-8-18-6-3-11(4-7-18)12-1-2-13-14(9-12)17-10-16-13/h1-2,9-11H,3-8,15H2,(H,16,17). The molecule has 2 heterocycles. The maximum absolute atomic E-state index is 5.60. The highest BCUT2D eigenvalue weighted by molar-refractivity contribution is 5.75. The van der Waals surface area contributed by atoms with Crippen molar-refractivity contribution in [3.8, 4) is 0 Å². The van der Waals surface area contributed by atoms with Crippen molar-refractivity contribution >= 4 is 11.0 Å². The molecule has 2 aromatic rings. The molecule has 0 unspecified atom stereocenters. The highest BCUT2D eigenvalue weighted by Gasteiger charge is 2.20. The molecule has 0 aliphatic carbocycles. The third kappa shape index (κ3) is 2.26. The van der Waals surface area contributed by atoms with E-state index in [0.717, 1.165) is 24.1 Å². The van der Waals surface area contributed by atoms with Gasteiger partial charge in [0.1, 0.15) is 0 Å². The van der Waals surface area contributed by atoms with Crippen molar-refractivity contribution in [2.24, 2.45) is 5.73 Å².